The Kier molecular flexibility index (Phi) is 1.46. The van der Waals surface area contributed by atoms with Crippen LogP contribution in [-0.4, -0.2) is 5.16 Å². The Morgan fingerprint density at radius 3 is 3.00 bits per heavy atom. The van der Waals surface area contributed by atoms with Gasteiger partial charge in [0.25, 0.3) is 0 Å². The molecular weight excluding hydrogens is 166 g/mol. The van der Waals surface area contributed by atoms with E-state index in [0.29, 0.717) is 17.0 Å². The lowest BCUT2D eigenvalue weighted by Crippen LogP contribution is -1.85. The second-order valence-corrected chi connectivity index (χ2v) is 2.84. The first-order valence-electron chi connectivity index (χ1n) is 3.78. The summed E-state index contributed by atoms with van der Waals surface area (Å²) in [6, 6.07) is 5.52. The summed E-state index contributed by atoms with van der Waals surface area (Å²) in [6.45, 7) is 1.85. The summed E-state index contributed by atoms with van der Waals surface area (Å²) in [6.07, 6.45) is 0. The maximum atomic E-state index is 8.74. The number of aryl methyl sites for hydroxylation is 1. The molecule has 0 amide bonds. The van der Waals surface area contributed by atoms with Crippen molar-refractivity contribution in [2.75, 3.05) is 5.73 Å². The van der Waals surface area contributed by atoms with Crippen LogP contribution in [0.2, 0.25) is 0 Å². The Balaban J connectivity index is 2.85. The Morgan fingerprint density at radius 2 is 2.31 bits per heavy atom. The summed E-state index contributed by atoms with van der Waals surface area (Å²) >= 11 is 0. The van der Waals surface area contributed by atoms with Crippen LogP contribution in [0.5, 0.6) is 0 Å². The zero-order chi connectivity index (χ0) is 9.42. The second kappa shape index (κ2) is 2.49. The number of benzene rings is 1. The van der Waals surface area contributed by atoms with Gasteiger partial charge in [-0.05, 0) is 18.6 Å². The number of nitrogen functional groups attached to an aromatic ring is 1. The molecule has 1 aromatic heterocycles. The lowest BCUT2D eigenvalue weighted by Gasteiger charge is -1.94. The lowest BCUT2D eigenvalue weighted by atomic mass is 10.1. The Bertz CT molecular complexity index is 507. The maximum Gasteiger partial charge on any atom is 0.174 e. The smallest absolute Gasteiger partial charge is 0.174 e. The van der Waals surface area contributed by atoms with Crippen molar-refractivity contribution in [3.63, 3.8) is 0 Å². The fourth-order valence-corrected chi connectivity index (χ4v) is 1.23. The number of nitriles is 1. The van der Waals surface area contributed by atoms with E-state index >= 15 is 0 Å². The number of anilines is 1. The molecule has 0 bridgehead atoms. The van der Waals surface area contributed by atoms with Crippen LogP contribution in [0.3, 0.4) is 0 Å². The number of rotatable bonds is 0. The first-order valence-corrected chi connectivity index (χ1v) is 3.78. The van der Waals surface area contributed by atoms with Gasteiger partial charge in [0.05, 0.1) is 17.0 Å². The highest BCUT2D eigenvalue weighted by Gasteiger charge is 2.07. The van der Waals surface area contributed by atoms with Gasteiger partial charge in [0.1, 0.15) is 0 Å². The predicted octanol–water partition coefficient (Wildman–Crippen LogP) is 1.59. The molecule has 64 valence electrons. The van der Waals surface area contributed by atoms with Gasteiger partial charge in [0, 0.05) is 6.07 Å². The van der Waals surface area contributed by atoms with Gasteiger partial charge in [-0.2, -0.15) is 5.26 Å². The van der Waals surface area contributed by atoms with E-state index in [-0.39, 0.29) is 0 Å². The molecule has 2 N–H and O–H groups in total. The highest BCUT2D eigenvalue weighted by Crippen LogP contribution is 2.23. The van der Waals surface area contributed by atoms with E-state index in [1.165, 1.54) is 0 Å². The fraction of sp³-hybridized carbons (Fsp3) is 0.111. The van der Waals surface area contributed by atoms with Gasteiger partial charge in [-0.3, -0.25) is 0 Å². The number of hydrogen-bond donors (Lipinski definition) is 1. The van der Waals surface area contributed by atoms with E-state index in [1.807, 2.05) is 6.92 Å². The highest BCUT2D eigenvalue weighted by molar-refractivity contribution is 5.88. The first-order chi connectivity index (χ1) is 6.22. The van der Waals surface area contributed by atoms with Crippen molar-refractivity contribution < 1.29 is 4.52 Å². The van der Waals surface area contributed by atoms with Crippen LogP contribution in [0.1, 0.15) is 11.1 Å². The molecule has 1 aromatic carbocycles. The summed E-state index contributed by atoms with van der Waals surface area (Å²) in [5, 5.41) is 13.1. The number of nitrogens with two attached hydrogens (primary N) is 1. The molecular formula is C9H7N3O. The number of nitrogens with zero attached hydrogens (tertiary/aromatic N) is 2. The van der Waals surface area contributed by atoms with Crippen molar-refractivity contribution in [1.29, 1.82) is 5.26 Å². The standard InChI is InChI=1S/C9H7N3O/c1-5-2-7-8(3-6(5)4-10)13-12-9(7)11/h2-3H,1H3,(H2,11,12). The average molecular weight is 173 g/mol. The largest absolute Gasteiger partial charge is 0.380 e. The van der Waals surface area contributed by atoms with Gasteiger partial charge < -0.3 is 10.3 Å². The molecule has 2 rings (SSSR count). The Morgan fingerprint density at radius 1 is 1.54 bits per heavy atom. The van der Waals surface area contributed by atoms with Crippen LogP contribution >= 0.6 is 0 Å². The highest BCUT2D eigenvalue weighted by atomic mass is 16.5. The molecule has 0 unspecified atom stereocenters. The van der Waals surface area contributed by atoms with Crippen molar-refractivity contribution >= 4 is 16.8 Å². The third-order valence-electron chi connectivity index (χ3n) is 1.97. The third-order valence-corrected chi connectivity index (χ3v) is 1.97. The minimum Gasteiger partial charge on any atom is -0.380 e. The Labute approximate surface area is 74.5 Å². The predicted molar refractivity (Wildman–Crippen MR) is 47.9 cm³/mol. The van der Waals surface area contributed by atoms with Crippen LogP contribution in [0.4, 0.5) is 5.82 Å². The van der Waals surface area contributed by atoms with Crippen LogP contribution in [0.25, 0.3) is 11.0 Å². The van der Waals surface area contributed by atoms with Crippen LogP contribution in [-0.2, 0) is 0 Å². The summed E-state index contributed by atoms with van der Waals surface area (Å²) < 4.78 is 4.92. The van der Waals surface area contributed by atoms with E-state index < -0.39 is 0 Å². The molecule has 4 heteroatoms. The summed E-state index contributed by atoms with van der Waals surface area (Å²) in [5.74, 6) is 0.364. The molecule has 4 nitrogen and oxygen atoms in total. The zero-order valence-corrected chi connectivity index (χ0v) is 7.03. The fourth-order valence-electron chi connectivity index (χ4n) is 1.23. The molecule has 0 aliphatic carbocycles. The van der Waals surface area contributed by atoms with Crippen LogP contribution in [0.15, 0.2) is 16.7 Å². The van der Waals surface area contributed by atoms with Crippen molar-refractivity contribution in [3.8, 4) is 6.07 Å². The molecule has 0 fully saturated rings. The van der Waals surface area contributed by atoms with Gasteiger partial charge in [-0.1, -0.05) is 5.16 Å². The third kappa shape index (κ3) is 1.02. The van der Waals surface area contributed by atoms with Crippen molar-refractivity contribution in [2.45, 2.75) is 6.92 Å². The summed E-state index contributed by atoms with van der Waals surface area (Å²) in [4.78, 5) is 0. The topological polar surface area (TPSA) is 75.8 Å². The quantitative estimate of drug-likeness (QED) is 0.656. The monoisotopic (exact) mass is 173 g/mol. The van der Waals surface area contributed by atoms with Gasteiger partial charge in [0.2, 0.25) is 0 Å². The second-order valence-electron chi connectivity index (χ2n) is 2.84. The molecule has 0 saturated heterocycles. The van der Waals surface area contributed by atoms with E-state index in [2.05, 4.69) is 11.2 Å². The summed E-state index contributed by atoms with van der Waals surface area (Å²) in [5.41, 5.74) is 7.57. The molecule has 0 aliphatic rings. The SMILES string of the molecule is Cc1cc2c(N)noc2cc1C#N. The summed E-state index contributed by atoms with van der Waals surface area (Å²) in [7, 11) is 0. The molecule has 13 heavy (non-hydrogen) atoms. The van der Waals surface area contributed by atoms with Crippen LogP contribution < -0.4 is 5.73 Å². The van der Waals surface area contributed by atoms with E-state index in [9.17, 15) is 0 Å². The number of hydrogen-bond acceptors (Lipinski definition) is 4. The zero-order valence-electron chi connectivity index (χ0n) is 7.03. The van der Waals surface area contributed by atoms with E-state index in [1.54, 1.807) is 12.1 Å². The molecule has 2 aromatic rings. The molecule has 0 saturated carbocycles. The van der Waals surface area contributed by atoms with Crippen molar-refractivity contribution in [2.24, 2.45) is 0 Å². The average Bonchev–Trinajstić information content (AvgIpc) is 2.47. The maximum absolute atomic E-state index is 8.74. The normalized spacial score (nSPS) is 10.2. The van der Waals surface area contributed by atoms with Gasteiger partial charge >= 0.3 is 0 Å². The molecule has 0 atom stereocenters. The Hall–Kier alpha value is -2.02. The van der Waals surface area contributed by atoms with Gasteiger partial charge in [0.15, 0.2) is 11.4 Å². The molecule has 1 heterocycles. The van der Waals surface area contributed by atoms with Crippen molar-refractivity contribution in [3.05, 3.63) is 23.3 Å². The minimum absolute atomic E-state index is 0.364. The van der Waals surface area contributed by atoms with E-state index in [4.69, 9.17) is 15.5 Å². The molecule has 0 aliphatic heterocycles. The number of fused-ring (bicyclic) bond motifs is 1. The lowest BCUT2D eigenvalue weighted by molar-refractivity contribution is 0.460. The molecule has 0 spiro atoms. The van der Waals surface area contributed by atoms with E-state index in [0.717, 1.165) is 10.9 Å². The molecule has 0 radical (unpaired) electrons. The number of aromatic nitrogens is 1. The minimum atomic E-state index is 0.364. The van der Waals surface area contributed by atoms with Gasteiger partial charge in [-0.15, -0.1) is 0 Å². The van der Waals surface area contributed by atoms with Crippen molar-refractivity contribution in [1.82, 2.24) is 5.16 Å². The first kappa shape index (κ1) is 7.62. The van der Waals surface area contributed by atoms with Crippen LogP contribution in [0, 0.1) is 18.3 Å². The van der Waals surface area contributed by atoms with Gasteiger partial charge in [-0.25, -0.2) is 0 Å².